The molecular formula is C15H23N5O4. The molecule has 2 aliphatic rings. The van der Waals surface area contributed by atoms with Crippen molar-refractivity contribution in [3.8, 4) is 0 Å². The summed E-state index contributed by atoms with van der Waals surface area (Å²) in [5, 5.41) is 1.16. The van der Waals surface area contributed by atoms with E-state index < -0.39 is 0 Å². The summed E-state index contributed by atoms with van der Waals surface area (Å²) in [6.45, 7) is 5.47. The van der Waals surface area contributed by atoms with Crippen LogP contribution in [0, 0.1) is 0 Å². The van der Waals surface area contributed by atoms with Gasteiger partial charge in [0, 0.05) is 39.3 Å². The zero-order valence-corrected chi connectivity index (χ0v) is 14.1. The number of nitrogens with zero attached hydrogens (tertiary/aromatic N) is 5. The first-order chi connectivity index (χ1) is 11.7. The minimum atomic E-state index is -0.302. The van der Waals surface area contributed by atoms with Gasteiger partial charge in [0.2, 0.25) is 5.95 Å². The summed E-state index contributed by atoms with van der Waals surface area (Å²) in [5.41, 5.74) is 0.317. The second kappa shape index (κ2) is 7.73. The first-order valence-corrected chi connectivity index (χ1v) is 8.05. The van der Waals surface area contributed by atoms with Gasteiger partial charge in [-0.1, -0.05) is 0 Å². The average molecular weight is 337 g/mol. The van der Waals surface area contributed by atoms with E-state index in [1.165, 1.54) is 7.11 Å². The SMILES string of the molecule is CON(C)C(=O)c1cc(N2CCOCC2)nc(N2CCOCC2)n1. The van der Waals surface area contributed by atoms with E-state index in [1.54, 1.807) is 13.1 Å². The van der Waals surface area contributed by atoms with Gasteiger partial charge in [-0.25, -0.2) is 10.0 Å². The zero-order valence-electron chi connectivity index (χ0n) is 14.1. The van der Waals surface area contributed by atoms with Crippen LogP contribution >= 0.6 is 0 Å². The molecule has 1 aromatic heterocycles. The van der Waals surface area contributed by atoms with Crippen molar-refractivity contribution in [3.63, 3.8) is 0 Å². The molecule has 1 amide bonds. The molecule has 2 fully saturated rings. The molecule has 0 bridgehead atoms. The second-order valence-electron chi connectivity index (χ2n) is 5.60. The smallest absolute Gasteiger partial charge is 0.296 e. The fourth-order valence-electron chi connectivity index (χ4n) is 2.64. The lowest BCUT2D eigenvalue weighted by molar-refractivity contribution is -0.0760. The third-order valence-electron chi connectivity index (χ3n) is 4.11. The van der Waals surface area contributed by atoms with Crippen molar-refractivity contribution in [1.82, 2.24) is 15.0 Å². The fourth-order valence-corrected chi connectivity index (χ4v) is 2.64. The van der Waals surface area contributed by atoms with Crippen LogP contribution in [-0.2, 0) is 14.3 Å². The van der Waals surface area contributed by atoms with E-state index in [9.17, 15) is 4.79 Å². The molecule has 2 saturated heterocycles. The van der Waals surface area contributed by atoms with Gasteiger partial charge in [-0.15, -0.1) is 0 Å². The van der Waals surface area contributed by atoms with Gasteiger partial charge in [-0.2, -0.15) is 4.98 Å². The molecule has 1 aromatic rings. The summed E-state index contributed by atoms with van der Waals surface area (Å²) in [6.07, 6.45) is 0. The number of carbonyl (C=O) groups is 1. The van der Waals surface area contributed by atoms with Crippen LogP contribution in [-0.4, -0.2) is 87.7 Å². The number of aromatic nitrogens is 2. The van der Waals surface area contributed by atoms with Crippen LogP contribution in [0.25, 0.3) is 0 Å². The van der Waals surface area contributed by atoms with Crippen molar-refractivity contribution < 1.29 is 19.1 Å². The minimum absolute atomic E-state index is 0.302. The van der Waals surface area contributed by atoms with Gasteiger partial charge in [0.1, 0.15) is 11.5 Å². The highest BCUT2D eigenvalue weighted by molar-refractivity contribution is 5.92. The summed E-state index contributed by atoms with van der Waals surface area (Å²) in [6, 6.07) is 1.72. The van der Waals surface area contributed by atoms with E-state index >= 15 is 0 Å². The van der Waals surface area contributed by atoms with Crippen molar-refractivity contribution >= 4 is 17.7 Å². The standard InChI is InChI=1S/C15H23N5O4/c1-18(22-2)14(21)12-11-13(19-3-7-23-8-4-19)17-15(16-12)20-5-9-24-10-6-20/h11H,3-10H2,1-2H3. The molecule has 0 aliphatic carbocycles. The summed E-state index contributed by atoms with van der Waals surface area (Å²) in [5.74, 6) is 0.988. The number of carbonyl (C=O) groups excluding carboxylic acids is 1. The maximum absolute atomic E-state index is 12.5. The summed E-state index contributed by atoms with van der Waals surface area (Å²) >= 11 is 0. The Balaban J connectivity index is 1.93. The molecule has 132 valence electrons. The monoisotopic (exact) mass is 337 g/mol. The third kappa shape index (κ3) is 3.74. The normalized spacial score (nSPS) is 18.6. The summed E-state index contributed by atoms with van der Waals surface area (Å²) in [7, 11) is 3.01. The Kier molecular flexibility index (Phi) is 5.44. The fraction of sp³-hybridized carbons (Fsp3) is 0.667. The van der Waals surface area contributed by atoms with Crippen molar-refractivity contribution in [2.45, 2.75) is 0 Å². The Bertz CT molecular complexity index is 537. The van der Waals surface area contributed by atoms with Gasteiger partial charge in [-0.3, -0.25) is 9.63 Å². The van der Waals surface area contributed by atoms with Crippen LogP contribution in [0.15, 0.2) is 6.07 Å². The molecule has 9 nitrogen and oxygen atoms in total. The molecule has 2 aliphatic heterocycles. The molecule has 24 heavy (non-hydrogen) atoms. The molecular weight excluding hydrogens is 314 g/mol. The van der Waals surface area contributed by atoms with E-state index in [4.69, 9.17) is 14.3 Å². The Morgan fingerprint density at radius 3 is 2.25 bits per heavy atom. The van der Waals surface area contributed by atoms with Crippen LogP contribution in [0.3, 0.4) is 0 Å². The summed E-state index contributed by atoms with van der Waals surface area (Å²) < 4.78 is 10.8. The number of hydroxylamine groups is 2. The van der Waals surface area contributed by atoms with Crippen LogP contribution < -0.4 is 9.80 Å². The maximum atomic E-state index is 12.5. The largest absolute Gasteiger partial charge is 0.378 e. The van der Waals surface area contributed by atoms with Crippen molar-refractivity contribution in [3.05, 3.63) is 11.8 Å². The molecule has 0 spiro atoms. The van der Waals surface area contributed by atoms with Crippen LogP contribution in [0.5, 0.6) is 0 Å². The molecule has 3 rings (SSSR count). The van der Waals surface area contributed by atoms with Gasteiger partial charge in [-0.05, 0) is 0 Å². The van der Waals surface area contributed by atoms with E-state index in [2.05, 4.69) is 14.9 Å². The van der Waals surface area contributed by atoms with Crippen molar-refractivity contribution in [1.29, 1.82) is 0 Å². The Hall–Kier alpha value is -1.97. The zero-order chi connectivity index (χ0) is 16.9. The number of ether oxygens (including phenoxy) is 2. The van der Waals surface area contributed by atoms with Gasteiger partial charge in [0.15, 0.2) is 0 Å². The first kappa shape index (κ1) is 16.9. The predicted molar refractivity (Wildman–Crippen MR) is 87.2 cm³/mol. The first-order valence-electron chi connectivity index (χ1n) is 8.05. The molecule has 9 heteroatoms. The van der Waals surface area contributed by atoms with Crippen molar-refractivity contribution in [2.75, 3.05) is 76.6 Å². The van der Waals surface area contributed by atoms with E-state index in [1.807, 2.05) is 4.90 Å². The highest BCUT2D eigenvalue weighted by Gasteiger charge is 2.23. The highest BCUT2D eigenvalue weighted by atomic mass is 16.7. The molecule has 0 radical (unpaired) electrons. The Labute approximate surface area is 141 Å². The molecule has 0 unspecified atom stereocenters. The van der Waals surface area contributed by atoms with Crippen molar-refractivity contribution in [2.24, 2.45) is 0 Å². The Morgan fingerprint density at radius 2 is 1.67 bits per heavy atom. The molecule has 0 atom stereocenters. The van der Waals surface area contributed by atoms with E-state index in [-0.39, 0.29) is 5.91 Å². The molecule has 0 aromatic carbocycles. The molecule has 0 saturated carbocycles. The second-order valence-corrected chi connectivity index (χ2v) is 5.60. The number of hydrogen-bond donors (Lipinski definition) is 0. The average Bonchev–Trinajstić information content (AvgIpc) is 2.67. The topological polar surface area (TPSA) is 80.3 Å². The molecule has 0 N–H and O–H groups in total. The molecule has 3 heterocycles. The van der Waals surface area contributed by atoms with Crippen LogP contribution in [0.1, 0.15) is 10.5 Å². The lowest BCUT2D eigenvalue weighted by Crippen LogP contribution is -2.40. The number of morpholine rings is 2. The quantitative estimate of drug-likeness (QED) is 0.698. The number of anilines is 2. The van der Waals surface area contributed by atoms with Gasteiger partial charge in [0.05, 0.1) is 33.5 Å². The van der Waals surface area contributed by atoms with E-state index in [0.717, 1.165) is 24.0 Å². The van der Waals surface area contributed by atoms with Gasteiger partial charge in [0.25, 0.3) is 5.91 Å². The lowest BCUT2D eigenvalue weighted by atomic mass is 10.3. The predicted octanol–water partition coefficient (Wildman–Crippen LogP) is -0.217. The summed E-state index contributed by atoms with van der Waals surface area (Å²) in [4.78, 5) is 30.7. The lowest BCUT2D eigenvalue weighted by Gasteiger charge is -2.31. The maximum Gasteiger partial charge on any atom is 0.296 e. The number of amides is 1. The van der Waals surface area contributed by atoms with Crippen LogP contribution in [0.2, 0.25) is 0 Å². The number of hydrogen-bond acceptors (Lipinski definition) is 8. The third-order valence-corrected chi connectivity index (χ3v) is 4.11. The Morgan fingerprint density at radius 1 is 1.08 bits per heavy atom. The highest BCUT2D eigenvalue weighted by Crippen LogP contribution is 2.20. The van der Waals surface area contributed by atoms with Gasteiger partial charge >= 0.3 is 0 Å². The van der Waals surface area contributed by atoms with Crippen LogP contribution in [0.4, 0.5) is 11.8 Å². The minimum Gasteiger partial charge on any atom is -0.378 e. The van der Waals surface area contributed by atoms with Gasteiger partial charge < -0.3 is 19.3 Å². The van der Waals surface area contributed by atoms with E-state index in [0.29, 0.717) is 51.2 Å². The number of rotatable bonds is 4.